The zero-order chi connectivity index (χ0) is 17.4. The summed E-state index contributed by atoms with van der Waals surface area (Å²) in [6.45, 7) is 1.21. The second-order valence-corrected chi connectivity index (χ2v) is 5.66. The van der Waals surface area contributed by atoms with Gasteiger partial charge >= 0.3 is 5.97 Å². The molecule has 2 rings (SSSR count). The van der Waals surface area contributed by atoms with Crippen molar-refractivity contribution in [1.82, 2.24) is 0 Å². The van der Waals surface area contributed by atoms with E-state index in [0.29, 0.717) is 31.4 Å². The van der Waals surface area contributed by atoms with Gasteiger partial charge in [-0.2, -0.15) is 0 Å². The summed E-state index contributed by atoms with van der Waals surface area (Å²) in [5.41, 5.74) is 0.387. The van der Waals surface area contributed by atoms with Crippen LogP contribution < -0.4 is 5.32 Å². The number of nitrogens with one attached hydrogen (secondary N) is 1. The summed E-state index contributed by atoms with van der Waals surface area (Å²) in [5, 5.41) is 14.1. The van der Waals surface area contributed by atoms with Crippen LogP contribution >= 0.6 is 0 Å². The van der Waals surface area contributed by atoms with Crippen molar-refractivity contribution in [2.45, 2.75) is 19.3 Å². The largest absolute Gasteiger partial charge is 0.462 e. The number of anilines is 1. The van der Waals surface area contributed by atoms with E-state index in [9.17, 15) is 14.9 Å². The number of methoxy groups -OCH3 is 1. The minimum absolute atomic E-state index is 0.152. The lowest BCUT2D eigenvalue weighted by Gasteiger charge is -2.17. The van der Waals surface area contributed by atoms with E-state index in [0.717, 1.165) is 19.3 Å². The summed E-state index contributed by atoms with van der Waals surface area (Å²) in [5.74, 6) is -0.208. The minimum atomic E-state index is -0.531. The van der Waals surface area contributed by atoms with Gasteiger partial charge in [0.15, 0.2) is 0 Å². The first-order valence-corrected chi connectivity index (χ1v) is 7.95. The molecule has 0 heterocycles. The first-order valence-electron chi connectivity index (χ1n) is 7.95. The quantitative estimate of drug-likeness (QED) is 0.258. The van der Waals surface area contributed by atoms with E-state index in [1.807, 2.05) is 0 Å². The first-order chi connectivity index (χ1) is 11.6. The Morgan fingerprint density at radius 1 is 1.42 bits per heavy atom. The van der Waals surface area contributed by atoms with Crippen LogP contribution in [0.25, 0.3) is 0 Å². The van der Waals surface area contributed by atoms with E-state index in [-0.39, 0.29) is 11.3 Å². The van der Waals surface area contributed by atoms with Gasteiger partial charge in [-0.25, -0.2) is 4.79 Å². The molecule has 1 N–H and O–H groups in total. The van der Waals surface area contributed by atoms with Gasteiger partial charge in [-0.15, -0.1) is 0 Å². The lowest BCUT2D eigenvalue weighted by molar-refractivity contribution is -0.384. The molecule has 24 heavy (non-hydrogen) atoms. The van der Waals surface area contributed by atoms with Crippen LogP contribution in [0.1, 0.15) is 29.6 Å². The number of nitro groups is 1. The van der Waals surface area contributed by atoms with E-state index in [4.69, 9.17) is 9.47 Å². The van der Waals surface area contributed by atoms with Gasteiger partial charge in [0.25, 0.3) is 5.69 Å². The molecule has 0 fully saturated rings. The van der Waals surface area contributed by atoms with E-state index < -0.39 is 10.9 Å². The molecule has 0 spiro atoms. The Hall–Kier alpha value is -2.41. The third kappa shape index (κ3) is 5.06. The number of benzene rings is 1. The fourth-order valence-electron chi connectivity index (χ4n) is 2.53. The molecule has 7 nitrogen and oxygen atoms in total. The molecular formula is C17H22N2O5. The Morgan fingerprint density at radius 2 is 2.25 bits per heavy atom. The molecule has 0 saturated carbocycles. The molecule has 0 aromatic heterocycles. The summed E-state index contributed by atoms with van der Waals surface area (Å²) < 4.78 is 10.2. The number of nitro benzene ring substituents is 1. The molecule has 1 atom stereocenters. The number of allylic oxidation sites excluding steroid dienone is 2. The molecule has 1 aromatic carbocycles. The molecular weight excluding hydrogens is 312 g/mol. The van der Waals surface area contributed by atoms with E-state index >= 15 is 0 Å². The minimum Gasteiger partial charge on any atom is -0.462 e. The van der Waals surface area contributed by atoms with Gasteiger partial charge in [0.05, 0.1) is 23.7 Å². The summed E-state index contributed by atoms with van der Waals surface area (Å²) in [6, 6.07) is 4.30. The Morgan fingerprint density at radius 3 is 2.92 bits per heavy atom. The average molecular weight is 334 g/mol. The molecule has 0 radical (unpaired) electrons. The van der Waals surface area contributed by atoms with Crippen LogP contribution in [-0.4, -0.2) is 37.8 Å². The predicted octanol–water partition coefficient (Wildman–Crippen LogP) is 3.17. The average Bonchev–Trinajstić information content (AvgIpc) is 2.60. The zero-order valence-corrected chi connectivity index (χ0v) is 13.7. The molecule has 7 heteroatoms. The van der Waals surface area contributed by atoms with Gasteiger partial charge in [0, 0.05) is 19.7 Å². The van der Waals surface area contributed by atoms with Gasteiger partial charge in [0.2, 0.25) is 0 Å². The number of ether oxygens (including phenoxy) is 2. The van der Waals surface area contributed by atoms with Gasteiger partial charge in [-0.3, -0.25) is 10.1 Å². The maximum absolute atomic E-state index is 12.1. The van der Waals surface area contributed by atoms with Crippen LogP contribution in [0.5, 0.6) is 0 Å². The maximum Gasteiger partial charge on any atom is 0.338 e. The monoisotopic (exact) mass is 334 g/mol. The Kier molecular flexibility index (Phi) is 6.74. The maximum atomic E-state index is 12.1. The molecule has 1 aromatic rings. The highest BCUT2D eigenvalue weighted by molar-refractivity contribution is 5.91. The summed E-state index contributed by atoms with van der Waals surface area (Å²) in [6.07, 6.45) is 7.10. The van der Waals surface area contributed by atoms with Crippen molar-refractivity contribution < 1.29 is 19.2 Å². The number of hydrogen-bond donors (Lipinski definition) is 1. The molecule has 0 aliphatic heterocycles. The Labute approximate surface area is 140 Å². The number of rotatable bonds is 8. The van der Waals surface area contributed by atoms with E-state index in [2.05, 4.69) is 17.5 Å². The van der Waals surface area contributed by atoms with Crippen LogP contribution in [0.4, 0.5) is 11.4 Å². The fraction of sp³-hybridized carbons (Fsp3) is 0.471. The van der Waals surface area contributed by atoms with Crippen molar-refractivity contribution >= 4 is 17.3 Å². The van der Waals surface area contributed by atoms with Crippen molar-refractivity contribution in [3.63, 3.8) is 0 Å². The summed E-state index contributed by atoms with van der Waals surface area (Å²) >= 11 is 0. The number of esters is 1. The van der Waals surface area contributed by atoms with Crippen molar-refractivity contribution in [1.29, 1.82) is 0 Å². The molecule has 130 valence electrons. The lowest BCUT2D eigenvalue weighted by Crippen LogP contribution is -2.16. The number of carbonyl (C=O) groups is 1. The number of carbonyl (C=O) groups excluding carboxylic acids is 1. The van der Waals surface area contributed by atoms with Gasteiger partial charge in [-0.05, 0) is 37.3 Å². The van der Waals surface area contributed by atoms with Crippen LogP contribution in [-0.2, 0) is 9.47 Å². The second kappa shape index (κ2) is 9.02. The zero-order valence-electron chi connectivity index (χ0n) is 13.7. The molecule has 1 aliphatic carbocycles. The summed E-state index contributed by atoms with van der Waals surface area (Å²) in [4.78, 5) is 22.8. The Balaban J connectivity index is 2.00. The normalized spacial score (nSPS) is 16.6. The highest BCUT2D eigenvalue weighted by Gasteiger charge is 2.19. The van der Waals surface area contributed by atoms with Gasteiger partial charge in [-0.1, -0.05) is 12.2 Å². The molecule has 1 unspecified atom stereocenters. The molecule has 1 aliphatic rings. The highest BCUT2D eigenvalue weighted by atomic mass is 16.6. The third-order valence-corrected chi connectivity index (χ3v) is 3.88. The third-order valence-electron chi connectivity index (χ3n) is 3.88. The lowest BCUT2D eigenvalue weighted by atomic mass is 9.95. The van der Waals surface area contributed by atoms with Crippen molar-refractivity contribution in [2.75, 3.05) is 32.2 Å². The summed E-state index contributed by atoms with van der Waals surface area (Å²) in [7, 11) is 1.55. The van der Waals surface area contributed by atoms with Gasteiger partial charge < -0.3 is 14.8 Å². The topological polar surface area (TPSA) is 90.7 Å². The van der Waals surface area contributed by atoms with Crippen molar-refractivity contribution in [3.05, 3.63) is 46.0 Å². The van der Waals surface area contributed by atoms with Crippen LogP contribution in [0.2, 0.25) is 0 Å². The Bertz CT molecular complexity index is 615. The standard InChI is InChI=1S/C17H22N2O5/c1-23-10-9-18-15-8-7-14(11-16(15)19(21)22)17(20)24-12-13-5-3-2-4-6-13/h2-3,7-8,11,13,18H,4-6,9-10,12H2,1H3. The van der Waals surface area contributed by atoms with E-state index in [1.165, 1.54) is 18.2 Å². The van der Waals surface area contributed by atoms with Crippen LogP contribution in [0, 0.1) is 16.0 Å². The second-order valence-electron chi connectivity index (χ2n) is 5.66. The van der Waals surface area contributed by atoms with Crippen LogP contribution in [0.15, 0.2) is 30.4 Å². The van der Waals surface area contributed by atoms with E-state index in [1.54, 1.807) is 7.11 Å². The number of nitrogens with zero attached hydrogens (tertiary/aromatic N) is 1. The molecule has 0 bridgehead atoms. The van der Waals surface area contributed by atoms with Crippen LogP contribution in [0.3, 0.4) is 0 Å². The van der Waals surface area contributed by atoms with Crippen molar-refractivity contribution in [2.24, 2.45) is 5.92 Å². The first kappa shape index (κ1) is 17.9. The molecule has 0 saturated heterocycles. The predicted molar refractivity (Wildman–Crippen MR) is 90.2 cm³/mol. The smallest absolute Gasteiger partial charge is 0.338 e. The highest BCUT2D eigenvalue weighted by Crippen LogP contribution is 2.26. The van der Waals surface area contributed by atoms with Gasteiger partial charge in [0.1, 0.15) is 5.69 Å². The fourth-order valence-corrected chi connectivity index (χ4v) is 2.53. The molecule has 0 amide bonds. The SMILES string of the molecule is COCCNc1ccc(C(=O)OCC2CC=CCC2)cc1[N+](=O)[O-]. The number of hydrogen-bond acceptors (Lipinski definition) is 6. The van der Waals surface area contributed by atoms with Crippen molar-refractivity contribution in [3.8, 4) is 0 Å².